The third-order valence-electron chi connectivity index (χ3n) is 5.46. The number of aromatic nitrogens is 2. The summed E-state index contributed by atoms with van der Waals surface area (Å²) in [6.45, 7) is 7.16. The van der Waals surface area contributed by atoms with E-state index in [4.69, 9.17) is 23.2 Å². The van der Waals surface area contributed by atoms with Gasteiger partial charge in [0.05, 0.1) is 26.6 Å². The van der Waals surface area contributed by atoms with Crippen LogP contribution >= 0.6 is 23.2 Å². The lowest BCUT2D eigenvalue weighted by Gasteiger charge is -2.19. The van der Waals surface area contributed by atoms with E-state index in [1.54, 1.807) is 30.3 Å². The average molecular weight is 466 g/mol. The van der Waals surface area contributed by atoms with E-state index < -0.39 is 0 Å². The second-order valence-electron chi connectivity index (χ2n) is 8.87. The summed E-state index contributed by atoms with van der Waals surface area (Å²) >= 11 is 12.6. The zero-order valence-corrected chi connectivity index (χ0v) is 19.8. The molecular weight excluding hydrogens is 441 g/mol. The summed E-state index contributed by atoms with van der Waals surface area (Å²) < 4.78 is 0. The first kappa shape index (κ1) is 22.4. The van der Waals surface area contributed by atoms with Gasteiger partial charge in [0.25, 0.3) is 5.91 Å². The molecule has 0 radical (unpaired) electrons. The molecule has 1 heterocycles. The van der Waals surface area contributed by atoms with Crippen molar-refractivity contribution in [2.24, 2.45) is 0 Å². The number of nitrogens with zero attached hydrogens (tertiary/aromatic N) is 1. The van der Waals surface area contributed by atoms with Crippen LogP contribution < -0.4 is 5.32 Å². The van der Waals surface area contributed by atoms with E-state index in [1.807, 2.05) is 6.07 Å². The van der Waals surface area contributed by atoms with E-state index in [-0.39, 0.29) is 11.3 Å². The molecule has 0 bridgehead atoms. The summed E-state index contributed by atoms with van der Waals surface area (Å²) in [6.07, 6.45) is 0.775. The number of benzene rings is 3. The second-order valence-corrected chi connectivity index (χ2v) is 9.68. The topological polar surface area (TPSA) is 57.8 Å². The number of carbonyl (C=O) groups excluding carboxylic acids is 1. The maximum absolute atomic E-state index is 12.7. The normalized spacial score (nSPS) is 11.7. The smallest absolute Gasteiger partial charge is 0.251 e. The SMILES string of the molecule is CC(C)(C)c1ccc(CCNC(=O)c2ccc3nc(-c4c(Cl)cccc4Cl)[nH]c3c2)cc1. The van der Waals surface area contributed by atoms with Crippen LogP contribution in [0.5, 0.6) is 0 Å². The van der Waals surface area contributed by atoms with E-state index in [1.165, 1.54) is 11.1 Å². The lowest BCUT2D eigenvalue weighted by Crippen LogP contribution is -2.25. The molecule has 4 rings (SSSR count). The predicted molar refractivity (Wildman–Crippen MR) is 133 cm³/mol. The number of nitrogens with one attached hydrogen (secondary N) is 2. The van der Waals surface area contributed by atoms with Gasteiger partial charge < -0.3 is 10.3 Å². The van der Waals surface area contributed by atoms with Gasteiger partial charge >= 0.3 is 0 Å². The largest absolute Gasteiger partial charge is 0.352 e. The van der Waals surface area contributed by atoms with Gasteiger partial charge in [-0.15, -0.1) is 0 Å². The van der Waals surface area contributed by atoms with E-state index in [0.717, 1.165) is 17.5 Å². The number of halogens is 2. The Morgan fingerprint density at radius 3 is 2.34 bits per heavy atom. The molecular formula is C26H25Cl2N3O. The molecule has 6 heteroatoms. The van der Waals surface area contributed by atoms with Crippen LogP contribution in [0.2, 0.25) is 10.0 Å². The maximum Gasteiger partial charge on any atom is 0.251 e. The quantitative estimate of drug-likeness (QED) is 0.340. The van der Waals surface area contributed by atoms with Crippen molar-refractivity contribution in [1.82, 2.24) is 15.3 Å². The first-order valence-electron chi connectivity index (χ1n) is 10.5. The zero-order chi connectivity index (χ0) is 22.9. The molecule has 0 aliphatic carbocycles. The molecule has 0 saturated carbocycles. The molecule has 3 aromatic carbocycles. The predicted octanol–water partition coefficient (Wildman–Crippen LogP) is 6.81. The van der Waals surface area contributed by atoms with Gasteiger partial charge in [-0.2, -0.15) is 0 Å². The Hall–Kier alpha value is -2.82. The van der Waals surface area contributed by atoms with Crippen LogP contribution in [0.3, 0.4) is 0 Å². The van der Waals surface area contributed by atoms with Crippen LogP contribution in [-0.4, -0.2) is 22.4 Å². The maximum atomic E-state index is 12.7. The van der Waals surface area contributed by atoms with Gasteiger partial charge in [-0.1, -0.05) is 74.3 Å². The third kappa shape index (κ3) is 4.82. The van der Waals surface area contributed by atoms with Gasteiger partial charge in [-0.3, -0.25) is 4.79 Å². The monoisotopic (exact) mass is 465 g/mol. The minimum Gasteiger partial charge on any atom is -0.352 e. The minimum absolute atomic E-state index is 0.120. The Balaban J connectivity index is 1.44. The van der Waals surface area contributed by atoms with Gasteiger partial charge in [0.1, 0.15) is 5.82 Å². The van der Waals surface area contributed by atoms with Crippen LogP contribution in [0.15, 0.2) is 60.7 Å². The number of aromatic amines is 1. The Kier molecular flexibility index (Phi) is 6.27. The molecule has 0 unspecified atom stereocenters. The number of amides is 1. The van der Waals surface area contributed by atoms with Crippen molar-refractivity contribution in [3.8, 4) is 11.4 Å². The number of hydrogen-bond acceptors (Lipinski definition) is 2. The highest BCUT2D eigenvalue weighted by Crippen LogP contribution is 2.33. The van der Waals surface area contributed by atoms with Gasteiger partial charge in [-0.25, -0.2) is 4.98 Å². The van der Waals surface area contributed by atoms with Crippen molar-refractivity contribution in [1.29, 1.82) is 0 Å². The van der Waals surface area contributed by atoms with E-state index in [0.29, 0.717) is 33.5 Å². The summed E-state index contributed by atoms with van der Waals surface area (Å²) in [5.74, 6) is 0.456. The van der Waals surface area contributed by atoms with Gasteiger partial charge in [0.15, 0.2) is 0 Å². The van der Waals surface area contributed by atoms with E-state index >= 15 is 0 Å². The molecule has 2 N–H and O–H groups in total. The van der Waals surface area contributed by atoms with Crippen molar-refractivity contribution in [2.45, 2.75) is 32.6 Å². The summed E-state index contributed by atoms with van der Waals surface area (Å²) in [5.41, 5.74) is 5.35. The highest BCUT2D eigenvalue weighted by atomic mass is 35.5. The van der Waals surface area contributed by atoms with Crippen molar-refractivity contribution < 1.29 is 4.79 Å². The van der Waals surface area contributed by atoms with E-state index in [2.05, 4.69) is 60.3 Å². The lowest BCUT2D eigenvalue weighted by atomic mass is 9.86. The molecule has 4 aromatic rings. The highest BCUT2D eigenvalue weighted by molar-refractivity contribution is 6.39. The molecule has 0 saturated heterocycles. The fraction of sp³-hybridized carbons (Fsp3) is 0.231. The molecule has 1 amide bonds. The first-order chi connectivity index (χ1) is 15.2. The lowest BCUT2D eigenvalue weighted by molar-refractivity contribution is 0.0954. The van der Waals surface area contributed by atoms with Crippen LogP contribution in [-0.2, 0) is 11.8 Å². The summed E-state index contributed by atoms with van der Waals surface area (Å²) in [7, 11) is 0. The van der Waals surface area contributed by atoms with Crippen LogP contribution in [0.25, 0.3) is 22.4 Å². The number of imidazole rings is 1. The summed E-state index contributed by atoms with van der Waals surface area (Å²) in [4.78, 5) is 20.5. The zero-order valence-electron chi connectivity index (χ0n) is 18.3. The third-order valence-corrected chi connectivity index (χ3v) is 6.09. The molecule has 0 fully saturated rings. The highest BCUT2D eigenvalue weighted by Gasteiger charge is 2.15. The molecule has 4 nitrogen and oxygen atoms in total. The number of carbonyl (C=O) groups is 1. The van der Waals surface area contributed by atoms with Crippen LogP contribution in [0.4, 0.5) is 0 Å². The van der Waals surface area contributed by atoms with E-state index in [9.17, 15) is 4.79 Å². The van der Waals surface area contributed by atoms with Crippen molar-refractivity contribution >= 4 is 40.1 Å². The van der Waals surface area contributed by atoms with Crippen molar-refractivity contribution in [3.05, 3.63) is 87.4 Å². The fourth-order valence-corrected chi connectivity index (χ4v) is 4.16. The molecule has 0 aliphatic heterocycles. The average Bonchev–Trinajstić information content (AvgIpc) is 3.16. The summed E-state index contributed by atoms with van der Waals surface area (Å²) in [6, 6.07) is 19.3. The Bertz CT molecular complexity index is 1250. The van der Waals surface area contributed by atoms with Gasteiger partial charge in [-0.05, 0) is 53.3 Å². The van der Waals surface area contributed by atoms with Gasteiger partial charge in [0, 0.05) is 12.1 Å². The molecule has 1 aromatic heterocycles. The van der Waals surface area contributed by atoms with Crippen LogP contribution in [0, 0.1) is 0 Å². The Labute approximate surface area is 198 Å². The first-order valence-corrected chi connectivity index (χ1v) is 11.3. The standard InChI is InChI=1S/C26H25Cl2N3O/c1-26(2,3)18-10-7-16(8-11-18)13-14-29-25(32)17-9-12-21-22(15-17)31-24(30-21)23-19(27)5-4-6-20(23)28/h4-12,15H,13-14H2,1-3H3,(H,29,32)(H,30,31). The van der Waals surface area contributed by atoms with Gasteiger partial charge in [0.2, 0.25) is 0 Å². The second kappa shape index (κ2) is 8.97. The van der Waals surface area contributed by atoms with Crippen molar-refractivity contribution in [2.75, 3.05) is 6.54 Å². The van der Waals surface area contributed by atoms with Crippen molar-refractivity contribution in [3.63, 3.8) is 0 Å². The molecule has 0 atom stereocenters. The summed E-state index contributed by atoms with van der Waals surface area (Å²) in [5, 5.41) is 4.04. The number of rotatable bonds is 5. The number of H-pyrrole nitrogens is 1. The van der Waals surface area contributed by atoms with Crippen LogP contribution in [0.1, 0.15) is 42.3 Å². The Morgan fingerprint density at radius 1 is 1.00 bits per heavy atom. The molecule has 0 spiro atoms. The molecule has 32 heavy (non-hydrogen) atoms. The fourth-order valence-electron chi connectivity index (χ4n) is 3.59. The number of fused-ring (bicyclic) bond motifs is 1. The minimum atomic E-state index is -0.120. The molecule has 164 valence electrons. The Morgan fingerprint density at radius 2 is 1.69 bits per heavy atom. The molecule has 0 aliphatic rings. The number of hydrogen-bond donors (Lipinski definition) is 2.